The van der Waals surface area contributed by atoms with E-state index in [9.17, 15) is 22.4 Å². The molecule has 0 bridgehead atoms. The van der Waals surface area contributed by atoms with Gasteiger partial charge in [-0.1, -0.05) is 30.3 Å². The molecule has 7 heteroatoms. The maximum absolute atomic E-state index is 13.3. The zero-order chi connectivity index (χ0) is 17.6. The van der Waals surface area contributed by atoms with Crippen LogP contribution in [-0.2, 0) is 17.4 Å². The second-order valence-electron chi connectivity index (χ2n) is 4.96. The van der Waals surface area contributed by atoms with Gasteiger partial charge in [0.2, 0.25) is 5.91 Å². The van der Waals surface area contributed by atoms with Gasteiger partial charge in [0, 0.05) is 0 Å². The minimum absolute atomic E-state index is 0.00753. The van der Waals surface area contributed by atoms with Gasteiger partial charge in [-0.3, -0.25) is 4.79 Å². The van der Waals surface area contributed by atoms with Crippen molar-refractivity contribution in [2.75, 3.05) is 13.2 Å². The molecule has 0 aliphatic carbocycles. The van der Waals surface area contributed by atoms with Crippen molar-refractivity contribution in [3.05, 3.63) is 65.5 Å². The van der Waals surface area contributed by atoms with Gasteiger partial charge in [0.05, 0.1) is 18.5 Å². The maximum Gasteiger partial charge on any atom is 0.416 e. The predicted molar refractivity (Wildman–Crippen MR) is 80.1 cm³/mol. The molecule has 0 fully saturated rings. The Morgan fingerprint density at radius 3 is 2.42 bits per heavy atom. The summed E-state index contributed by atoms with van der Waals surface area (Å²) in [6, 6.07) is 10.7. The van der Waals surface area contributed by atoms with Crippen molar-refractivity contribution in [2.24, 2.45) is 0 Å². The number of hydrogen-bond donors (Lipinski definition) is 1. The largest absolute Gasteiger partial charge is 0.489 e. The third kappa shape index (κ3) is 4.97. The van der Waals surface area contributed by atoms with E-state index in [0.29, 0.717) is 0 Å². The van der Waals surface area contributed by atoms with E-state index < -0.39 is 29.9 Å². The molecule has 1 amide bonds. The third-order valence-corrected chi connectivity index (χ3v) is 3.19. The molecular weight excluding hydrogens is 326 g/mol. The molecule has 128 valence electrons. The number of hydrogen-bond acceptors (Lipinski definition) is 2. The number of carbonyl (C=O) groups excluding carboxylic acids is 1. The number of carbonyl (C=O) groups is 1. The van der Waals surface area contributed by atoms with Crippen molar-refractivity contribution in [1.82, 2.24) is 5.32 Å². The lowest BCUT2D eigenvalue weighted by Gasteiger charge is -2.13. The van der Waals surface area contributed by atoms with Crippen LogP contribution in [0.15, 0.2) is 48.5 Å². The molecule has 0 radical (unpaired) electrons. The van der Waals surface area contributed by atoms with Crippen LogP contribution >= 0.6 is 0 Å². The lowest BCUT2D eigenvalue weighted by atomic mass is 10.0. The minimum Gasteiger partial charge on any atom is -0.489 e. The smallest absolute Gasteiger partial charge is 0.416 e. The first-order chi connectivity index (χ1) is 11.4. The van der Waals surface area contributed by atoms with E-state index >= 15 is 0 Å². The zero-order valence-corrected chi connectivity index (χ0v) is 12.6. The number of amides is 1. The van der Waals surface area contributed by atoms with Crippen molar-refractivity contribution in [3.8, 4) is 5.75 Å². The highest BCUT2D eigenvalue weighted by Crippen LogP contribution is 2.31. The van der Waals surface area contributed by atoms with Crippen LogP contribution < -0.4 is 10.1 Å². The number of ether oxygens (including phenoxy) is 1. The molecular formula is C17H15F4NO2. The Balaban J connectivity index is 1.83. The molecule has 0 unspecified atom stereocenters. The first-order valence-corrected chi connectivity index (χ1v) is 7.17. The van der Waals surface area contributed by atoms with Crippen LogP contribution in [0, 0.1) is 5.82 Å². The number of para-hydroxylation sites is 1. The maximum atomic E-state index is 13.3. The van der Waals surface area contributed by atoms with Gasteiger partial charge in [-0.15, -0.1) is 0 Å². The highest BCUT2D eigenvalue weighted by atomic mass is 19.4. The topological polar surface area (TPSA) is 38.3 Å². The summed E-state index contributed by atoms with van der Waals surface area (Å²) in [5, 5.41) is 2.45. The molecule has 0 aromatic heterocycles. The average Bonchev–Trinajstić information content (AvgIpc) is 2.52. The number of rotatable bonds is 6. The fourth-order valence-electron chi connectivity index (χ4n) is 2.10. The molecule has 0 saturated carbocycles. The lowest BCUT2D eigenvalue weighted by Crippen LogP contribution is -2.30. The molecule has 2 aromatic carbocycles. The monoisotopic (exact) mass is 341 g/mol. The quantitative estimate of drug-likeness (QED) is 0.644. The van der Waals surface area contributed by atoms with Crippen LogP contribution in [0.5, 0.6) is 5.75 Å². The molecule has 0 aliphatic rings. The summed E-state index contributed by atoms with van der Waals surface area (Å²) in [7, 11) is 0. The molecule has 0 atom stereocenters. The predicted octanol–water partition coefficient (Wildman–Crippen LogP) is 3.58. The van der Waals surface area contributed by atoms with Crippen LogP contribution in [0.2, 0.25) is 0 Å². The summed E-state index contributed by atoms with van der Waals surface area (Å²) in [5.41, 5.74) is -0.930. The molecule has 0 heterocycles. The van der Waals surface area contributed by atoms with E-state index in [1.807, 2.05) is 0 Å². The summed E-state index contributed by atoms with van der Waals surface area (Å²) in [4.78, 5) is 11.8. The van der Waals surface area contributed by atoms with Gasteiger partial charge in [0.1, 0.15) is 6.61 Å². The van der Waals surface area contributed by atoms with Crippen molar-refractivity contribution >= 4 is 5.91 Å². The van der Waals surface area contributed by atoms with Gasteiger partial charge < -0.3 is 10.1 Å². The standard InChI is InChI=1S/C17H15F4NO2/c18-14-7-3-4-8-15(14)24-10-9-22-16(23)11-12-5-1-2-6-13(12)17(19,20)21/h1-8H,9-11H2,(H,22,23). The van der Waals surface area contributed by atoms with E-state index in [-0.39, 0.29) is 24.5 Å². The van der Waals surface area contributed by atoms with Crippen molar-refractivity contribution < 1.29 is 27.1 Å². The second-order valence-corrected chi connectivity index (χ2v) is 4.96. The Hall–Kier alpha value is -2.57. The Morgan fingerprint density at radius 2 is 1.71 bits per heavy atom. The highest BCUT2D eigenvalue weighted by Gasteiger charge is 2.33. The van der Waals surface area contributed by atoms with E-state index in [1.54, 1.807) is 6.07 Å². The minimum atomic E-state index is -4.51. The van der Waals surface area contributed by atoms with Crippen LogP contribution in [0.1, 0.15) is 11.1 Å². The molecule has 2 aromatic rings. The first kappa shape index (κ1) is 17.8. The van der Waals surface area contributed by atoms with Crippen LogP contribution in [0.4, 0.5) is 17.6 Å². The Labute approximate surface area is 136 Å². The normalized spacial score (nSPS) is 11.2. The Kier molecular flexibility index (Phi) is 5.78. The van der Waals surface area contributed by atoms with E-state index in [0.717, 1.165) is 6.07 Å². The molecule has 2 rings (SSSR count). The fraction of sp³-hybridized carbons (Fsp3) is 0.235. The van der Waals surface area contributed by atoms with Crippen LogP contribution in [-0.4, -0.2) is 19.1 Å². The van der Waals surface area contributed by atoms with E-state index in [4.69, 9.17) is 4.74 Å². The highest BCUT2D eigenvalue weighted by molar-refractivity contribution is 5.79. The molecule has 3 nitrogen and oxygen atoms in total. The lowest BCUT2D eigenvalue weighted by molar-refractivity contribution is -0.138. The fourth-order valence-corrected chi connectivity index (χ4v) is 2.10. The summed E-state index contributed by atoms with van der Waals surface area (Å²) < 4.78 is 57.0. The van der Waals surface area contributed by atoms with Crippen molar-refractivity contribution in [2.45, 2.75) is 12.6 Å². The summed E-state index contributed by atoms with van der Waals surface area (Å²) in [6.45, 7) is 0.0644. The van der Waals surface area contributed by atoms with E-state index in [2.05, 4.69) is 5.32 Å². The average molecular weight is 341 g/mol. The summed E-state index contributed by atoms with van der Waals surface area (Å²) in [5.74, 6) is -1.04. The summed E-state index contributed by atoms with van der Waals surface area (Å²) in [6.07, 6.45) is -4.90. The molecule has 0 spiro atoms. The Bertz CT molecular complexity index is 701. The summed E-state index contributed by atoms with van der Waals surface area (Å²) >= 11 is 0. The Morgan fingerprint density at radius 1 is 1.04 bits per heavy atom. The molecule has 1 N–H and O–H groups in total. The molecule has 0 saturated heterocycles. The van der Waals surface area contributed by atoms with Gasteiger partial charge in [-0.05, 0) is 23.8 Å². The van der Waals surface area contributed by atoms with Gasteiger partial charge in [-0.2, -0.15) is 13.2 Å². The molecule has 24 heavy (non-hydrogen) atoms. The van der Waals surface area contributed by atoms with Gasteiger partial charge >= 0.3 is 6.18 Å². The number of alkyl halides is 3. The number of benzene rings is 2. The number of halogens is 4. The second kappa shape index (κ2) is 7.81. The SMILES string of the molecule is O=C(Cc1ccccc1C(F)(F)F)NCCOc1ccccc1F. The first-order valence-electron chi connectivity index (χ1n) is 7.17. The van der Waals surface area contributed by atoms with E-state index in [1.165, 1.54) is 36.4 Å². The zero-order valence-electron chi connectivity index (χ0n) is 12.6. The van der Waals surface area contributed by atoms with Crippen molar-refractivity contribution in [1.29, 1.82) is 0 Å². The van der Waals surface area contributed by atoms with Gasteiger partial charge in [-0.25, -0.2) is 4.39 Å². The molecule has 0 aliphatic heterocycles. The number of nitrogens with one attached hydrogen (secondary N) is 1. The third-order valence-electron chi connectivity index (χ3n) is 3.19. The van der Waals surface area contributed by atoms with Crippen LogP contribution in [0.25, 0.3) is 0 Å². The van der Waals surface area contributed by atoms with Crippen LogP contribution in [0.3, 0.4) is 0 Å². The van der Waals surface area contributed by atoms with Gasteiger partial charge in [0.15, 0.2) is 11.6 Å². The van der Waals surface area contributed by atoms with Gasteiger partial charge in [0.25, 0.3) is 0 Å². The van der Waals surface area contributed by atoms with Crippen molar-refractivity contribution in [3.63, 3.8) is 0 Å².